The van der Waals surface area contributed by atoms with Crippen molar-refractivity contribution in [2.45, 2.75) is 13.0 Å². The number of piperazine rings is 1. The van der Waals surface area contributed by atoms with E-state index in [1.807, 2.05) is 18.2 Å². The second-order valence-corrected chi connectivity index (χ2v) is 7.29. The Bertz CT molecular complexity index is 1010. The van der Waals surface area contributed by atoms with E-state index in [9.17, 15) is 10.1 Å². The van der Waals surface area contributed by atoms with Gasteiger partial charge in [-0.1, -0.05) is 12.1 Å². The predicted molar refractivity (Wildman–Crippen MR) is 111 cm³/mol. The molecule has 0 unspecified atom stereocenters. The highest BCUT2D eigenvalue weighted by molar-refractivity contribution is 5.58. The van der Waals surface area contributed by atoms with Gasteiger partial charge in [-0.05, 0) is 31.2 Å². The third-order valence-electron chi connectivity index (χ3n) is 5.58. The number of aromatic nitrogens is 2. The first-order chi connectivity index (χ1) is 14.6. The number of nitro benzene ring substituents is 1. The van der Waals surface area contributed by atoms with Gasteiger partial charge in [-0.15, -0.1) is 10.2 Å². The molecule has 2 heterocycles. The van der Waals surface area contributed by atoms with Crippen LogP contribution in [-0.2, 0) is 0 Å². The third-order valence-corrected chi connectivity index (χ3v) is 5.58. The number of anilines is 1. The van der Waals surface area contributed by atoms with Gasteiger partial charge in [-0.3, -0.25) is 10.1 Å². The molecule has 1 aliphatic rings. The topological polar surface area (TPSA) is 99.0 Å². The number of nitro groups is 1. The van der Waals surface area contributed by atoms with Crippen LogP contribution in [0.1, 0.15) is 18.9 Å². The molecule has 9 nitrogen and oxygen atoms in total. The quantitative estimate of drug-likeness (QED) is 0.491. The van der Waals surface area contributed by atoms with Crippen molar-refractivity contribution in [1.29, 1.82) is 0 Å². The van der Waals surface area contributed by atoms with Crippen LogP contribution in [0, 0.1) is 10.1 Å². The summed E-state index contributed by atoms with van der Waals surface area (Å²) in [5.74, 6) is 1.83. The monoisotopic (exact) mass is 410 g/mol. The average Bonchev–Trinajstić information content (AvgIpc) is 3.29. The van der Waals surface area contributed by atoms with E-state index in [0.29, 0.717) is 17.3 Å². The maximum Gasteiger partial charge on any atom is 0.274 e. The zero-order valence-corrected chi connectivity index (χ0v) is 16.9. The Kier molecular flexibility index (Phi) is 5.62. The predicted octanol–water partition coefficient (Wildman–Crippen LogP) is 2.12. The van der Waals surface area contributed by atoms with Crippen LogP contribution < -0.4 is 14.5 Å². The fourth-order valence-electron chi connectivity index (χ4n) is 3.79. The van der Waals surface area contributed by atoms with Crippen LogP contribution >= 0.6 is 0 Å². The van der Waals surface area contributed by atoms with Crippen LogP contribution in [0.5, 0.6) is 5.75 Å². The highest BCUT2D eigenvalue weighted by Crippen LogP contribution is 2.27. The Morgan fingerprint density at radius 2 is 1.83 bits per heavy atom. The minimum Gasteiger partial charge on any atom is -0.495 e. The molecule has 0 spiro atoms. The van der Waals surface area contributed by atoms with Crippen molar-refractivity contribution in [3.63, 3.8) is 0 Å². The van der Waals surface area contributed by atoms with Crippen molar-refractivity contribution < 1.29 is 19.0 Å². The fraction of sp³-hybridized carbons (Fsp3) is 0.333. The summed E-state index contributed by atoms with van der Waals surface area (Å²) in [6.07, 6.45) is 0. The summed E-state index contributed by atoms with van der Waals surface area (Å²) in [7, 11) is 1.69. The van der Waals surface area contributed by atoms with Gasteiger partial charge in [-0.25, -0.2) is 0 Å². The van der Waals surface area contributed by atoms with E-state index in [0.717, 1.165) is 37.6 Å². The lowest BCUT2D eigenvalue weighted by Crippen LogP contribution is -3.14. The Balaban J connectivity index is 1.41. The SMILES string of the molecule is COc1ccccc1N1CC[NH+]([C@H](C)c2nnc(-c3ccc([N+](=O)[O-])cc3)o2)CC1. The van der Waals surface area contributed by atoms with Crippen molar-refractivity contribution in [2.24, 2.45) is 0 Å². The molecule has 1 saturated heterocycles. The Morgan fingerprint density at radius 3 is 2.50 bits per heavy atom. The number of para-hydroxylation sites is 2. The highest BCUT2D eigenvalue weighted by atomic mass is 16.6. The van der Waals surface area contributed by atoms with Gasteiger partial charge in [0.05, 0.1) is 43.9 Å². The van der Waals surface area contributed by atoms with Gasteiger partial charge >= 0.3 is 0 Å². The van der Waals surface area contributed by atoms with Gasteiger partial charge in [0.25, 0.3) is 11.6 Å². The summed E-state index contributed by atoms with van der Waals surface area (Å²) < 4.78 is 11.4. The number of nitrogens with zero attached hydrogens (tertiary/aromatic N) is 4. The zero-order chi connectivity index (χ0) is 21.1. The molecule has 0 aliphatic carbocycles. The summed E-state index contributed by atoms with van der Waals surface area (Å²) in [5.41, 5.74) is 1.82. The highest BCUT2D eigenvalue weighted by Gasteiger charge is 2.30. The Labute approximate surface area is 174 Å². The second kappa shape index (κ2) is 8.50. The molecular weight excluding hydrogens is 386 g/mol. The number of rotatable bonds is 6. The number of methoxy groups -OCH3 is 1. The lowest BCUT2D eigenvalue weighted by molar-refractivity contribution is -0.931. The van der Waals surface area contributed by atoms with E-state index < -0.39 is 4.92 Å². The first kappa shape index (κ1) is 19.8. The van der Waals surface area contributed by atoms with Crippen LogP contribution in [0.3, 0.4) is 0 Å². The minimum atomic E-state index is -0.431. The smallest absolute Gasteiger partial charge is 0.274 e. The first-order valence-electron chi connectivity index (χ1n) is 9.87. The molecule has 1 fully saturated rings. The molecule has 1 atom stereocenters. The molecule has 3 aromatic rings. The number of quaternary nitrogens is 1. The van der Waals surface area contributed by atoms with Crippen molar-refractivity contribution in [3.8, 4) is 17.2 Å². The van der Waals surface area contributed by atoms with Crippen LogP contribution in [0.2, 0.25) is 0 Å². The van der Waals surface area contributed by atoms with E-state index in [1.165, 1.54) is 17.0 Å². The second-order valence-electron chi connectivity index (χ2n) is 7.29. The van der Waals surface area contributed by atoms with E-state index in [1.54, 1.807) is 19.2 Å². The van der Waals surface area contributed by atoms with E-state index in [2.05, 4.69) is 28.1 Å². The Hall–Kier alpha value is -3.46. The van der Waals surface area contributed by atoms with E-state index >= 15 is 0 Å². The van der Waals surface area contributed by atoms with Gasteiger partial charge in [0.2, 0.25) is 5.89 Å². The summed E-state index contributed by atoms with van der Waals surface area (Å²) in [4.78, 5) is 14.1. The molecule has 1 aliphatic heterocycles. The number of hydrogen-bond donors (Lipinski definition) is 1. The molecule has 2 aromatic carbocycles. The summed E-state index contributed by atoms with van der Waals surface area (Å²) in [6, 6.07) is 14.2. The molecule has 0 radical (unpaired) electrons. The van der Waals surface area contributed by atoms with Gasteiger partial charge in [0.1, 0.15) is 5.75 Å². The number of hydrogen-bond acceptors (Lipinski definition) is 7. The normalized spacial score (nSPS) is 15.7. The van der Waals surface area contributed by atoms with E-state index in [4.69, 9.17) is 9.15 Å². The van der Waals surface area contributed by atoms with Gasteiger partial charge in [-0.2, -0.15) is 0 Å². The van der Waals surface area contributed by atoms with Crippen molar-refractivity contribution in [1.82, 2.24) is 10.2 Å². The minimum absolute atomic E-state index is 0.0317. The van der Waals surface area contributed by atoms with Crippen LogP contribution in [-0.4, -0.2) is 48.4 Å². The standard InChI is InChI=1S/C21H23N5O4/c1-15(20-22-23-21(30-20)16-7-9-17(10-8-16)26(27)28)24-11-13-25(14-12-24)18-5-3-4-6-19(18)29-2/h3-10,15H,11-14H2,1-2H3/p+1/t15-/m1/s1. The molecule has 0 amide bonds. The average molecular weight is 410 g/mol. The maximum atomic E-state index is 10.8. The lowest BCUT2D eigenvalue weighted by Gasteiger charge is -2.36. The summed E-state index contributed by atoms with van der Waals surface area (Å²) >= 11 is 0. The molecule has 0 bridgehead atoms. The Morgan fingerprint density at radius 1 is 1.13 bits per heavy atom. The molecule has 0 saturated carbocycles. The molecule has 30 heavy (non-hydrogen) atoms. The van der Waals surface area contributed by atoms with Gasteiger partial charge in [0, 0.05) is 17.7 Å². The molecule has 9 heteroatoms. The third kappa shape index (κ3) is 3.97. The maximum absolute atomic E-state index is 10.8. The number of ether oxygens (including phenoxy) is 1. The molecular formula is C21H24N5O4+. The van der Waals surface area contributed by atoms with Gasteiger partial charge in [0.15, 0.2) is 6.04 Å². The van der Waals surface area contributed by atoms with Crippen LogP contribution in [0.15, 0.2) is 52.9 Å². The van der Waals surface area contributed by atoms with Crippen molar-refractivity contribution >= 4 is 11.4 Å². The van der Waals surface area contributed by atoms with Crippen LogP contribution in [0.4, 0.5) is 11.4 Å². The summed E-state index contributed by atoms with van der Waals surface area (Å²) in [5, 5.41) is 19.2. The van der Waals surface area contributed by atoms with Crippen molar-refractivity contribution in [2.75, 3.05) is 38.2 Å². The number of non-ortho nitro benzene ring substituents is 1. The molecule has 1 aromatic heterocycles. The molecule has 1 N–H and O–H groups in total. The molecule has 156 valence electrons. The summed E-state index contributed by atoms with van der Waals surface area (Å²) in [6.45, 7) is 5.77. The number of nitrogens with one attached hydrogen (secondary N) is 1. The number of benzene rings is 2. The fourth-order valence-corrected chi connectivity index (χ4v) is 3.79. The van der Waals surface area contributed by atoms with E-state index in [-0.39, 0.29) is 11.7 Å². The lowest BCUT2D eigenvalue weighted by atomic mass is 10.2. The van der Waals surface area contributed by atoms with Gasteiger partial charge < -0.3 is 19.0 Å². The van der Waals surface area contributed by atoms with Crippen molar-refractivity contribution in [3.05, 3.63) is 64.5 Å². The first-order valence-corrected chi connectivity index (χ1v) is 9.87. The largest absolute Gasteiger partial charge is 0.495 e. The van der Waals surface area contributed by atoms with Crippen LogP contribution in [0.25, 0.3) is 11.5 Å². The zero-order valence-electron chi connectivity index (χ0n) is 16.9. The molecule has 4 rings (SSSR count).